The molecule has 3 N–H and O–H groups in total. The van der Waals surface area contributed by atoms with E-state index in [1.807, 2.05) is 19.9 Å². The lowest BCUT2D eigenvalue weighted by Gasteiger charge is -2.43. The van der Waals surface area contributed by atoms with E-state index in [0.29, 0.717) is 11.5 Å². The first-order chi connectivity index (χ1) is 12.4. The van der Waals surface area contributed by atoms with Crippen molar-refractivity contribution in [2.75, 3.05) is 26.2 Å². The zero-order chi connectivity index (χ0) is 18.9. The van der Waals surface area contributed by atoms with E-state index in [1.54, 1.807) is 0 Å². The molecule has 3 rings (SSSR count). The predicted molar refractivity (Wildman–Crippen MR) is 102 cm³/mol. The predicted octanol–water partition coefficient (Wildman–Crippen LogP) is 1.87. The van der Waals surface area contributed by atoms with Gasteiger partial charge in [0.15, 0.2) is 0 Å². The van der Waals surface area contributed by atoms with Crippen LogP contribution in [0.1, 0.15) is 53.7 Å². The van der Waals surface area contributed by atoms with Gasteiger partial charge in [0.2, 0.25) is 5.91 Å². The highest BCUT2D eigenvalue weighted by atomic mass is 32.1. The maximum Gasteiger partial charge on any atom is 0.262 e. The summed E-state index contributed by atoms with van der Waals surface area (Å²) in [4.78, 5) is 28.6. The Morgan fingerprint density at radius 2 is 2.08 bits per heavy atom. The Bertz CT molecular complexity index is 678. The van der Waals surface area contributed by atoms with E-state index in [0.717, 1.165) is 38.9 Å². The summed E-state index contributed by atoms with van der Waals surface area (Å²) < 4.78 is 6.25. The number of thiophene rings is 1. The van der Waals surface area contributed by atoms with E-state index >= 15 is 0 Å². The molecule has 7 heteroatoms. The molecule has 1 aromatic heterocycles. The van der Waals surface area contributed by atoms with Gasteiger partial charge in [-0.05, 0) is 43.4 Å². The number of rotatable bonds is 5. The summed E-state index contributed by atoms with van der Waals surface area (Å²) in [6.45, 7) is 9.73. The van der Waals surface area contributed by atoms with E-state index < -0.39 is 11.9 Å². The molecule has 6 nitrogen and oxygen atoms in total. The van der Waals surface area contributed by atoms with Crippen molar-refractivity contribution in [1.29, 1.82) is 0 Å². The zero-order valence-electron chi connectivity index (χ0n) is 15.8. The fraction of sp³-hybridized carbons (Fsp3) is 0.684. The molecule has 1 spiro atoms. The second-order valence-corrected chi connectivity index (χ2v) is 8.64. The van der Waals surface area contributed by atoms with Crippen molar-refractivity contribution in [1.82, 2.24) is 10.2 Å². The normalized spacial score (nSPS) is 20.8. The number of likely N-dealkylation sites (tertiary alicyclic amines) is 1. The van der Waals surface area contributed by atoms with Crippen LogP contribution in [0.25, 0.3) is 0 Å². The number of fused-ring (bicyclic) bond motifs is 2. The SMILES string of the molecule is CCN1CCC2(CC1)OCCc1cc(C(=O)N[C@H](C(N)=O)C(C)C)sc12. The summed E-state index contributed by atoms with van der Waals surface area (Å²) in [5.74, 6) is -0.761. The minimum Gasteiger partial charge on any atom is -0.369 e. The van der Waals surface area contributed by atoms with Crippen molar-refractivity contribution in [3.63, 3.8) is 0 Å². The van der Waals surface area contributed by atoms with E-state index in [4.69, 9.17) is 10.5 Å². The van der Waals surface area contributed by atoms with Gasteiger partial charge in [0.1, 0.15) is 11.6 Å². The molecule has 0 unspecified atom stereocenters. The number of primary amides is 1. The average molecular weight is 380 g/mol. The van der Waals surface area contributed by atoms with Gasteiger partial charge in [-0.25, -0.2) is 0 Å². The molecule has 1 saturated heterocycles. The quantitative estimate of drug-likeness (QED) is 0.818. The first-order valence-corrected chi connectivity index (χ1v) is 10.3. The van der Waals surface area contributed by atoms with Crippen LogP contribution in [-0.2, 0) is 21.6 Å². The molecular formula is C19H29N3O3S. The van der Waals surface area contributed by atoms with Gasteiger partial charge in [0.05, 0.1) is 11.5 Å². The maximum absolute atomic E-state index is 12.7. The molecule has 144 valence electrons. The van der Waals surface area contributed by atoms with Crippen molar-refractivity contribution >= 4 is 23.2 Å². The van der Waals surface area contributed by atoms with Gasteiger partial charge >= 0.3 is 0 Å². The van der Waals surface area contributed by atoms with E-state index in [1.165, 1.54) is 21.8 Å². The molecule has 1 fully saturated rings. The molecule has 0 aromatic carbocycles. The molecule has 2 amide bonds. The molecule has 1 atom stereocenters. The Hall–Kier alpha value is -1.44. The molecule has 0 aliphatic carbocycles. The molecule has 2 aliphatic rings. The largest absolute Gasteiger partial charge is 0.369 e. The van der Waals surface area contributed by atoms with Gasteiger partial charge in [0.25, 0.3) is 5.91 Å². The van der Waals surface area contributed by atoms with Crippen LogP contribution >= 0.6 is 11.3 Å². The highest BCUT2D eigenvalue weighted by molar-refractivity contribution is 7.14. The second-order valence-electron chi connectivity index (χ2n) is 7.59. The van der Waals surface area contributed by atoms with Gasteiger partial charge in [-0.3, -0.25) is 9.59 Å². The summed E-state index contributed by atoms with van der Waals surface area (Å²) in [5, 5.41) is 2.80. The third-order valence-electron chi connectivity index (χ3n) is 5.57. The monoisotopic (exact) mass is 379 g/mol. The van der Waals surface area contributed by atoms with Crippen LogP contribution in [0.5, 0.6) is 0 Å². The number of carbonyl (C=O) groups is 2. The zero-order valence-corrected chi connectivity index (χ0v) is 16.7. The van der Waals surface area contributed by atoms with Gasteiger partial charge in [-0.2, -0.15) is 0 Å². The topological polar surface area (TPSA) is 84.7 Å². The molecule has 0 bridgehead atoms. The van der Waals surface area contributed by atoms with Crippen molar-refractivity contribution in [3.05, 3.63) is 21.4 Å². The smallest absolute Gasteiger partial charge is 0.262 e. The van der Waals surface area contributed by atoms with Crippen LogP contribution < -0.4 is 11.1 Å². The minimum absolute atomic E-state index is 0.0425. The number of carbonyl (C=O) groups excluding carboxylic acids is 2. The number of amides is 2. The number of hydrogen-bond acceptors (Lipinski definition) is 5. The minimum atomic E-state index is -0.653. The first kappa shape index (κ1) is 19.3. The summed E-state index contributed by atoms with van der Waals surface area (Å²) in [6, 6.07) is 1.32. The van der Waals surface area contributed by atoms with E-state index in [2.05, 4.69) is 17.1 Å². The molecule has 26 heavy (non-hydrogen) atoms. The Kier molecular flexibility index (Phi) is 5.69. The van der Waals surface area contributed by atoms with Crippen molar-refractivity contribution in [2.24, 2.45) is 11.7 Å². The summed E-state index contributed by atoms with van der Waals surface area (Å²) >= 11 is 1.52. The maximum atomic E-state index is 12.7. The van der Waals surface area contributed by atoms with Crippen LogP contribution in [0.4, 0.5) is 0 Å². The Balaban J connectivity index is 1.81. The molecule has 0 saturated carbocycles. The molecule has 3 heterocycles. The molecule has 1 aromatic rings. The number of ether oxygens (including phenoxy) is 1. The number of nitrogens with one attached hydrogen (secondary N) is 1. The average Bonchev–Trinajstić information content (AvgIpc) is 3.06. The fourth-order valence-corrected chi connectivity index (χ4v) is 5.23. The fourth-order valence-electron chi connectivity index (χ4n) is 3.91. The number of nitrogens with two attached hydrogens (primary N) is 1. The van der Waals surface area contributed by atoms with Gasteiger partial charge in [0, 0.05) is 18.0 Å². The number of hydrogen-bond donors (Lipinski definition) is 2. The van der Waals surface area contributed by atoms with Gasteiger partial charge in [-0.15, -0.1) is 11.3 Å². The lowest BCUT2D eigenvalue weighted by Crippen LogP contribution is -2.47. The van der Waals surface area contributed by atoms with Crippen molar-refractivity contribution in [2.45, 2.75) is 51.7 Å². The van der Waals surface area contributed by atoms with Crippen molar-refractivity contribution in [3.8, 4) is 0 Å². The van der Waals surface area contributed by atoms with Gasteiger partial charge in [-0.1, -0.05) is 20.8 Å². The highest BCUT2D eigenvalue weighted by Crippen LogP contribution is 2.45. The summed E-state index contributed by atoms with van der Waals surface area (Å²) in [6.07, 6.45) is 2.76. The molecular weight excluding hydrogens is 350 g/mol. The van der Waals surface area contributed by atoms with Gasteiger partial charge < -0.3 is 20.7 Å². The Morgan fingerprint density at radius 3 is 2.65 bits per heavy atom. The standard InChI is InChI=1S/C19H29N3O3S/c1-4-22-8-6-19(7-9-22)16-13(5-10-25-19)11-14(26-16)18(24)21-15(12(2)3)17(20)23/h11-12,15H,4-10H2,1-3H3,(H2,20,23)(H,21,24)/t15-/m0/s1. The highest BCUT2D eigenvalue weighted by Gasteiger charge is 2.42. The van der Waals surface area contributed by atoms with Crippen LogP contribution in [0.3, 0.4) is 0 Å². The summed E-state index contributed by atoms with van der Waals surface area (Å²) in [7, 11) is 0. The number of piperidine rings is 1. The first-order valence-electron chi connectivity index (χ1n) is 9.46. The Morgan fingerprint density at radius 1 is 1.38 bits per heavy atom. The second kappa shape index (κ2) is 7.66. The number of nitrogens with zero attached hydrogens (tertiary/aromatic N) is 1. The van der Waals surface area contributed by atoms with Crippen molar-refractivity contribution < 1.29 is 14.3 Å². The third-order valence-corrected chi connectivity index (χ3v) is 6.93. The molecule has 2 aliphatic heterocycles. The molecule has 0 radical (unpaired) electrons. The van der Waals surface area contributed by atoms with Crippen LogP contribution in [0.2, 0.25) is 0 Å². The van der Waals surface area contributed by atoms with E-state index in [-0.39, 0.29) is 17.4 Å². The Labute approximate surface area is 159 Å². The van der Waals surface area contributed by atoms with Crippen LogP contribution in [-0.4, -0.2) is 49.0 Å². The van der Waals surface area contributed by atoms with Crippen LogP contribution in [0.15, 0.2) is 6.07 Å². The lowest BCUT2D eigenvalue weighted by molar-refractivity contribution is -0.120. The summed E-state index contributed by atoms with van der Waals surface area (Å²) in [5.41, 5.74) is 6.40. The third kappa shape index (κ3) is 3.66. The van der Waals surface area contributed by atoms with Crippen LogP contribution in [0, 0.1) is 5.92 Å². The lowest BCUT2D eigenvalue weighted by atomic mass is 9.85. The van der Waals surface area contributed by atoms with E-state index in [9.17, 15) is 9.59 Å².